The lowest BCUT2D eigenvalue weighted by molar-refractivity contribution is 0.0990. The molecular formula is C15H14O4. The summed E-state index contributed by atoms with van der Waals surface area (Å²) in [5.74, 6) is -0.497. The molecule has 0 spiro atoms. The molecule has 2 aromatic carbocycles. The molecule has 98 valence electrons. The zero-order chi connectivity index (χ0) is 13.8. The molecule has 0 aliphatic heterocycles. The van der Waals surface area contributed by atoms with Crippen molar-refractivity contribution in [2.24, 2.45) is 0 Å². The number of Topliss-reactive ketones (excluding diaryl/α,β-unsaturated/α-hetero) is 1. The van der Waals surface area contributed by atoms with Crippen LogP contribution in [0.4, 0.5) is 0 Å². The molecule has 0 aliphatic rings. The van der Waals surface area contributed by atoms with Gasteiger partial charge in [-0.25, -0.2) is 0 Å². The van der Waals surface area contributed by atoms with Crippen LogP contribution in [0.15, 0.2) is 42.5 Å². The Morgan fingerprint density at radius 2 is 1.79 bits per heavy atom. The molecule has 0 fully saturated rings. The number of phenols is 2. The molecule has 0 saturated carbocycles. The van der Waals surface area contributed by atoms with Crippen molar-refractivity contribution in [3.05, 3.63) is 53.6 Å². The van der Waals surface area contributed by atoms with E-state index in [0.717, 1.165) is 5.56 Å². The largest absolute Gasteiger partial charge is 0.507 e. The van der Waals surface area contributed by atoms with Crippen molar-refractivity contribution >= 4 is 5.78 Å². The summed E-state index contributed by atoms with van der Waals surface area (Å²) < 4.78 is 4.86. The smallest absolute Gasteiger partial charge is 0.171 e. The van der Waals surface area contributed by atoms with Gasteiger partial charge in [0.05, 0.1) is 12.7 Å². The van der Waals surface area contributed by atoms with Crippen LogP contribution in [0.25, 0.3) is 0 Å². The summed E-state index contributed by atoms with van der Waals surface area (Å²) in [4.78, 5) is 12.1. The van der Waals surface area contributed by atoms with E-state index in [9.17, 15) is 15.0 Å². The second-order valence-electron chi connectivity index (χ2n) is 4.13. The molecular weight excluding hydrogens is 244 g/mol. The third-order valence-corrected chi connectivity index (χ3v) is 2.81. The summed E-state index contributed by atoms with van der Waals surface area (Å²) in [6.45, 7) is 0. The number of hydrogen-bond donors (Lipinski definition) is 2. The molecule has 0 amide bonds. The van der Waals surface area contributed by atoms with Gasteiger partial charge in [0.25, 0.3) is 0 Å². The van der Waals surface area contributed by atoms with E-state index < -0.39 is 0 Å². The molecule has 2 N–H and O–H groups in total. The molecule has 4 nitrogen and oxygen atoms in total. The highest BCUT2D eigenvalue weighted by Gasteiger charge is 2.15. The standard InChI is InChI=1S/C15H14O4/c1-19-15-9-13(17)11(8-14(15)18)12(16)7-10-5-3-2-4-6-10/h2-6,8-9,17-18H,7H2,1H3. The van der Waals surface area contributed by atoms with Crippen molar-refractivity contribution in [1.82, 2.24) is 0 Å². The quantitative estimate of drug-likeness (QED) is 0.653. The predicted molar refractivity (Wildman–Crippen MR) is 70.8 cm³/mol. The molecule has 2 rings (SSSR count). The van der Waals surface area contributed by atoms with Gasteiger partial charge < -0.3 is 14.9 Å². The SMILES string of the molecule is COc1cc(O)c(C(=O)Cc2ccccc2)cc1O. The van der Waals surface area contributed by atoms with Crippen LogP contribution in [-0.2, 0) is 6.42 Å². The number of hydrogen-bond acceptors (Lipinski definition) is 4. The Morgan fingerprint density at radius 3 is 2.42 bits per heavy atom. The first kappa shape index (κ1) is 13.0. The number of rotatable bonds is 4. The number of methoxy groups -OCH3 is 1. The Morgan fingerprint density at radius 1 is 1.11 bits per heavy atom. The first-order valence-corrected chi connectivity index (χ1v) is 5.79. The Balaban J connectivity index is 2.27. The number of benzene rings is 2. The van der Waals surface area contributed by atoms with Gasteiger partial charge in [-0.15, -0.1) is 0 Å². The monoisotopic (exact) mass is 258 g/mol. The van der Waals surface area contributed by atoms with Crippen LogP contribution in [0.1, 0.15) is 15.9 Å². The molecule has 0 saturated heterocycles. The molecule has 2 aromatic rings. The van der Waals surface area contributed by atoms with Gasteiger partial charge in [-0.3, -0.25) is 4.79 Å². The normalized spacial score (nSPS) is 10.2. The molecule has 4 heteroatoms. The van der Waals surface area contributed by atoms with Gasteiger partial charge in [0.15, 0.2) is 17.3 Å². The second kappa shape index (κ2) is 5.44. The van der Waals surface area contributed by atoms with Gasteiger partial charge in [-0.2, -0.15) is 0 Å². The van der Waals surface area contributed by atoms with Crippen molar-refractivity contribution in [3.8, 4) is 17.2 Å². The maximum Gasteiger partial charge on any atom is 0.171 e. The first-order chi connectivity index (χ1) is 9.11. The fourth-order valence-electron chi connectivity index (χ4n) is 1.82. The molecule has 0 heterocycles. The third-order valence-electron chi connectivity index (χ3n) is 2.81. The minimum atomic E-state index is -0.262. The number of ketones is 1. The van der Waals surface area contributed by atoms with Gasteiger partial charge in [0.1, 0.15) is 5.75 Å². The fourth-order valence-corrected chi connectivity index (χ4v) is 1.82. The van der Waals surface area contributed by atoms with Crippen molar-refractivity contribution in [3.63, 3.8) is 0 Å². The summed E-state index contributed by atoms with van der Waals surface area (Å²) in [7, 11) is 1.37. The highest BCUT2D eigenvalue weighted by molar-refractivity contribution is 6.00. The van der Waals surface area contributed by atoms with E-state index in [1.54, 1.807) is 0 Å². The van der Waals surface area contributed by atoms with Gasteiger partial charge in [0, 0.05) is 12.5 Å². The van der Waals surface area contributed by atoms with Crippen molar-refractivity contribution in [1.29, 1.82) is 0 Å². The highest BCUT2D eigenvalue weighted by atomic mass is 16.5. The minimum absolute atomic E-state index is 0.0853. The van der Waals surface area contributed by atoms with E-state index >= 15 is 0 Å². The molecule has 0 bridgehead atoms. The van der Waals surface area contributed by atoms with E-state index in [-0.39, 0.29) is 35.0 Å². The lowest BCUT2D eigenvalue weighted by atomic mass is 10.0. The number of aromatic hydroxyl groups is 2. The minimum Gasteiger partial charge on any atom is -0.507 e. The molecule has 0 unspecified atom stereocenters. The summed E-state index contributed by atoms with van der Waals surface area (Å²) in [5, 5.41) is 19.4. The Kier molecular flexibility index (Phi) is 3.71. The summed E-state index contributed by atoms with van der Waals surface area (Å²) >= 11 is 0. The lowest BCUT2D eigenvalue weighted by Crippen LogP contribution is -2.04. The van der Waals surface area contributed by atoms with Crippen molar-refractivity contribution in [2.75, 3.05) is 7.11 Å². The van der Waals surface area contributed by atoms with Crippen molar-refractivity contribution < 1.29 is 19.7 Å². The molecule has 0 aliphatic carbocycles. The van der Waals surface area contributed by atoms with Gasteiger partial charge in [-0.05, 0) is 11.6 Å². The van der Waals surface area contributed by atoms with Gasteiger partial charge >= 0.3 is 0 Å². The molecule has 0 aromatic heterocycles. The lowest BCUT2D eigenvalue weighted by Gasteiger charge is -2.08. The van der Waals surface area contributed by atoms with Gasteiger partial charge in [0.2, 0.25) is 0 Å². The van der Waals surface area contributed by atoms with E-state index in [4.69, 9.17) is 4.74 Å². The zero-order valence-electron chi connectivity index (χ0n) is 10.5. The van der Waals surface area contributed by atoms with E-state index in [1.807, 2.05) is 30.3 Å². The number of phenolic OH excluding ortho intramolecular Hbond substituents is 2. The Bertz CT molecular complexity index is 591. The van der Waals surface area contributed by atoms with Crippen LogP contribution in [0.2, 0.25) is 0 Å². The van der Waals surface area contributed by atoms with E-state index in [1.165, 1.54) is 19.2 Å². The summed E-state index contributed by atoms with van der Waals surface area (Å²) in [5.41, 5.74) is 0.935. The van der Waals surface area contributed by atoms with Gasteiger partial charge in [-0.1, -0.05) is 30.3 Å². The first-order valence-electron chi connectivity index (χ1n) is 5.79. The average Bonchev–Trinajstić information content (AvgIpc) is 2.42. The number of carbonyl (C=O) groups excluding carboxylic acids is 1. The summed E-state index contributed by atoms with van der Waals surface area (Å²) in [6, 6.07) is 11.7. The van der Waals surface area contributed by atoms with E-state index in [0.29, 0.717) is 0 Å². The third kappa shape index (κ3) is 2.85. The molecule has 0 radical (unpaired) electrons. The van der Waals surface area contributed by atoms with Crippen LogP contribution in [0.3, 0.4) is 0 Å². The maximum atomic E-state index is 12.1. The van der Waals surface area contributed by atoms with Crippen LogP contribution in [0.5, 0.6) is 17.2 Å². The van der Waals surface area contributed by atoms with Crippen LogP contribution in [-0.4, -0.2) is 23.1 Å². The molecule has 19 heavy (non-hydrogen) atoms. The van der Waals surface area contributed by atoms with E-state index in [2.05, 4.69) is 0 Å². The predicted octanol–water partition coefficient (Wildman–Crippen LogP) is 2.53. The number of ether oxygens (including phenoxy) is 1. The van der Waals surface area contributed by atoms with Crippen LogP contribution in [0, 0.1) is 0 Å². The average molecular weight is 258 g/mol. The van der Waals surface area contributed by atoms with Crippen molar-refractivity contribution in [2.45, 2.75) is 6.42 Å². The zero-order valence-corrected chi connectivity index (χ0v) is 10.5. The Hall–Kier alpha value is -2.49. The fraction of sp³-hybridized carbons (Fsp3) is 0.133. The second-order valence-corrected chi connectivity index (χ2v) is 4.13. The molecule has 0 atom stereocenters. The summed E-state index contributed by atoms with van der Waals surface area (Å²) in [6.07, 6.45) is 0.167. The van der Waals surface area contributed by atoms with Crippen LogP contribution >= 0.6 is 0 Å². The highest BCUT2D eigenvalue weighted by Crippen LogP contribution is 2.33. The number of carbonyl (C=O) groups is 1. The maximum absolute atomic E-state index is 12.1. The Labute approximate surface area is 110 Å². The topological polar surface area (TPSA) is 66.8 Å². The van der Waals surface area contributed by atoms with Crippen LogP contribution < -0.4 is 4.74 Å².